The zero-order valence-electron chi connectivity index (χ0n) is 12.3. The fraction of sp³-hybridized carbons (Fsp3) is 0. The predicted molar refractivity (Wildman–Crippen MR) is 93.5 cm³/mol. The van der Waals surface area contributed by atoms with Crippen LogP contribution in [0.3, 0.4) is 0 Å². The maximum absolute atomic E-state index is 11.9. The van der Waals surface area contributed by atoms with Crippen molar-refractivity contribution in [2.75, 3.05) is 0 Å². The second-order valence-corrected chi connectivity index (χ2v) is 6.93. The summed E-state index contributed by atoms with van der Waals surface area (Å²) in [6, 6.07) is 7.13. The summed E-state index contributed by atoms with van der Waals surface area (Å²) in [5.41, 5.74) is 3.07. The number of rotatable bonds is 3. The fourth-order valence-electron chi connectivity index (χ4n) is 2.55. The van der Waals surface area contributed by atoms with Gasteiger partial charge in [-0.3, -0.25) is 0 Å². The van der Waals surface area contributed by atoms with Crippen molar-refractivity contribution < 1.29 is 19.3 Å². The Hall–Kier alpha value is -2.44. The molecule has 5 N–H and O–H groups in total. The van der Waals surface area contributed by atoms with Gasteiger partial charge < -0.3 is 9.68 Å². The number of hydrazine groups is 1. The highest BCUT2D eigenvalue weighted by Crippen LogP contribution is 2.49. The van der Waals surface area contributed by atoms with Crippen molar-refractivity contribution in [3.8, 4) is 0 Å². The monoisotopic (exact) mass is 375 g/mol. The lowest BCUT2D eigenvalue weighted by atomic mass is 10.1. The Labute approximate surface area is 148 Å². The molecule has 0 radical (unpaired) electrons. The Balaban J connectivity index is 1.89. The van der Waals surface area contributed by atoms with Crippen LogP contribution in [-0.2, 0) is 19.3 Å². The van der Waals surface area contributed by atoms with Crippen molar-refractivity contribution in [3.63, 3.8) is 0 Å². The minimum Gasteiger partial charge on any atom is -0.368 e. The lowest BCUT2D eigenvalue weighted by Gasteiger charge is -2.20. The van der Waals surface area contributed by atoms with Crippen molar-refractivity contribution in [1.82, 2.24) is 5.59 Å². The molecule has 0 fully saturated rings. The molecule has 2 aliphatic rings. The molecule has 2 heterocycles. The molecule has 0 amide bonds. The van der Waals surface area contributed by atoms with Crippen LogP contribution >= 0.6 is 23.5 Å². The third kappa shape index (κ3) is 2.58. The number of thioether (sulfide) groups is 2. The molecule has 0 unspecified atom stereocenters. The Kier molecular flexibility index (Phi) is 3.94. The molecule has 0 aromatic heterocycles. The minimum absolute atomic E-state index is 0.156. The van der Waals surface area contributed by atoms with E-state index in [0.29, 0.717) is 11.4 Å². The zero-order valence-corrected chi connectivity index (χ0v) is 13.9. The number of hydrogen-bond donors (Lipinski definition) is 3. The summed E-state index contributed by atoms with van der Waals surface area (Å²) >= 11 is 2.34. The van der Waals surface area contributed by atoms with Crippen LogP contribution in [0.1, 0.15) is 0 Å². The third-order valence-electron chi connectivity index (χ3n) is 3.51. The highest BCUT2D eigenvalue weighted by molar-refractivity contribution is 8.16. The van der Waals surface area contributed by atoms with Gasteiger partial charge in [-0.25, -0.2) is 25.4 Å². The Morgan fingerprint density at radius 1 is 0.920 bits per heavy atom. The zero-order chi connectivity index (χ0) is 17.6. The molecular formula is C14H9N5O4S2. The van der Waals surface area contributed by atoms with Crippen molar-refractivity contribution >= 4 is 67.7 Å². The summed E-state index contributed by atoms with van der Waals surface area (Å²) in [4.78, 5) is 42.7. The van der Waals surface area contributed by atoms with E-state index in [2.05, 4.69) is 19.7 Å². The second-order valence-electron chi connectivity index (χ2n) is 4.87. The van der Waals surface area contributed by atoms with Crippen LogP contribution in [0.4, 0.5) is 11.4 Å². The number of benzene rings is 2. The molecule has 0 bridgehead atoms. The maximum atomic E-state index is 11.9. The van der Waals surface area contributed by atoms with Crippen LogP contribution in [0.25, 0.3) is 10.8 Å². The molecule has 9 nitrogen and oxygen atoms in total. The Morgan fingerprint density at radius 2 is 1.44 bits per heavy atom. The van der Waals surface area contributed by atoms with E-state index < -0.39 is 11.9 Å². The van der Waals surface area contributed by atoms with Crippen LogP contribution in [0.15, 0.2) is 44.0 Å². The van der Waals surface area contributed by atoms with E-state index in [9.17, 15) is 9.59 Å². The van der Waals surface area contributed by atoms with Crippen LogP contribution in [-0.4, -0.2) is 22.0 Å². The van der Waals surface area contributed by atoms with Gasteiger partial charge in [0.1, 0.15) is 0 Å². The smallest absolute Gasteiger partial charge is 0.368 e. The van der Waals surface area contributed by atoms with Crippen molar-refractivity contribution in [3.05, 3.63) is 24.3 Å². The Morgan fingerprint density at radius 3 is 1.92 bits per heavy atom. The molecule has 2 aromatic carbocycles. The molecule has 0 saturated carbocycles. The molecule has 126 valence electrons. The number of aliphatic imine (C=N–C) groups is 2. The summed E-state index contributed by atoms with van der Waals surface area (Å²) < 4.78 is 0. The van der Waals surface area contributed by atoms with Crippen LogP contribution < -0.4 is 17.3 Å². The predicted octanol–water partition coefficient (Wildman–Crippen LogP) is 1.45. The Bertz CT molecular complexity index is 1000. The van der Waals surface area contributed by atoms with E-state index in [1.54, 1.807) is 24.3 Å². The molecule has 0 aliphatic carbocycles. The first kappa shape index (κ1) is 16.1. The van der Waals surface area contributed by atoms with Gasteiger partial charge in [0.2, 0.25) is 0 Å². The second kappa shape index (κ2) is 6.13. The van der Waals surface area contributed by atoms with E-state index in [1.807, 2.05) is 5.59 Å². The molecule has 2 aliphatic heterocycles. The van der Waals surface area contributed by atoms with E-state index in [1.165, 1.54) is 23.5 Å². The van der Waals surface area contributed by atoms with Crippen molar-refractivity contribution in [2.45, 2.75) is 9.79 Å². The molecular weight excluding hydrogens is 366 g/mol. The van der Waals surface area contributed by atoms with Gasteiger partial charge in [-0.15, -0.1) is 0 Å². The average molecular weight is 375 g/mol. The summed E-state index contributed by atoms with van der Waals surface area (Å²) in [5.74, 6) is 8.57. The highest BCUT2D eigenvalue weighted by Gasteiger charge is 2.28. The lowest BCUT2D eigenvalue weighted by molar-refractivity contribution is -0.142. The van der Waals surface area contributed by atoms with Crippen LogP contribution in [0, 0.1) is 0 Å². The third-order valence-corrected chi connectivity index (χ3v) is 5.53. The van der Waals surface area contributed by atoms with Gasteiger partial charge in [-0.2, -0.15) is 5.90 Å². The van der Waals surface area contributed by atoms with Crippen LogP contribution in [0.5, 0.6) is 0 Å². The summed E-state index contributed by atoms with van der Waals surface area (Å²) in [6.45, 7) is 0. The van der Waals surface area contributed by atoms with Gasteiger partial charge in [0.25, 0.3) is 0 Å². The van der Waals surface area contributed by atoms with Crippen molar-refractivity contribution in [1.29, 1.82) is 0 Å². The molecule has 11 heteroatoms. The summed E-state index contributed by atoms with van der Waals surface area (Å²) in [7, 11) is 0. The van der Waals surface area contributed by atoms with Gasteiger partial charge in [0.15, 0.2) is 10.1 Å². The first-order valence-corrected chi connectivity index (χ1v) is 8.46. The molecule has 2 aromatic rings. The topological polar surface area (TPSA) is 141 Å². The average Bonchev–Trinajstić information content (AvgIpc) is 2.64. The normalized spacial score (nSPS) is 14.6. The lowest BCUT2D eigenvalue weighted by Crippen LogP contribution is -2.29. The standard InChI is InChI=1S/C14H9N5O4S2/c15-19-23-14(21)12-18-6-2-3-7-9-5(1-4-8(25-12)10(6)9)17-11(24-7)13(20)22-16/h1-4,19H,15-16H2. The number of hydrogen-bond acceptors (Lipinski definition) is 11. The van der Waals surface area contributed by atoms with Gasteiger partial charge >= 0.3 is 11.9 Å². The molecule has 25 heavy (non-hydrogen) atoms. The van der Waals surface area contributed by atoms with Gasteiger partial charge in [-0.05, 0) is 24.3 Å². The quantitative estimate of drug-likeness (QED) is 0.536. The number of carbonyl (C=O) groups excluding carboxylic acids is 2. The maximum Gasteiger partial charge on any atom is 0.383 e. The van der Waals surface area contributed by atoms with E-state index in [4.69, 9.17) is 11.7 Å². The first-order valence-electron chi connectivity index (χ1n) is 6.83. The van der Waals surface area contributed by atoms with E-state index in [-0.39, 0.29) is 10.1 Å². The largest absolute Gasteiger partial charge is 0.383 e. The van der Waals surface area contributed by atoms with Gasteiger partial charge in [0.05, 0.1) is 11.4 Å². The number of nitrogens with one attached hydrogen (secondary N) is 1. The summed E-state index contributed by atoms with van der Waals surface area (Å²) in [5, 5.41) is 2.03. The minimum atomic E-state index is -0.698. The molecule has 4 rings (SSSR count). The van der Waals surface area contributed by atoms with E-state index in [0.717, 1.165) is 20.6 Å². The first-order chi connectivity index (χ1) is 12.1. The van der Waals surface area contributed by atoms with Gasteiger partial charge in [0, 0.05) is 20.6 Å². The van der Waals surface area contributed by atoms with Crippen LogP contribution in [0.2, 0.25) is 0 Å². The number of nitrogens with zero attached hydrogens (tertiary/aromatic N) is 2. The molecule has 0 saturated heterocycles. The number of nitrogens with two attached hydrogens (primary N) is 2. The highest BCUT2D eigenvalue weighted by atomic mass is 32.2. The van der Waals surface area contributed by atoms with Gasteiger partial charge in [-0.1, -0.05) is 29.1 Å². The SMILES string of the molecule is NNOC(=O)C1=Nc2ccc3c4c(ccc(c24)S1)N=C(C(=O)ON)S3. The van der Waals surface area contributed by atoms with Crippen molar-refractivity contribution in [2.24, 2.45) is 21.7 Å². The fourth-order valence-corrected chi connectivity index (χ4v) is 4.40. The van der Waals surface area contributed by atoms with E-state index >= 15 is 0 Å². The molecule has 0 atom stereocenters. The molecule has 0 spiro atoms. The summed E-state index contributed by atoms with van der Waals surface area (Å²) in [6.07, 6.45) is 0. The number of carbonyl (C=O) groups is 2.